The van der Waals surface area contributed by atoms with Gasteiger partial charge in [0.2, 0.25) is 0 Å². The molecule has 0 unspecified atom stereocenters. The minimum absolute atomic E-state index is 0.00463. The van der Waals surface area contributed by atoms with Gasteiger partial charge in [-0.2, -0.15) is 13.2 Å². The van der Waals surface area contributed by atoms with Gasteiger partial charge >= 0.3 is 18.1 Å². The van der Waals surface area contributed by atoms with Crippen LogP contribution in [0, 0.1) is 11.3 Å². The Labute approximate surface area is 160 Å². The van der Waals surface area contributed by atoms with Gasteiger partial charge in [-0.05, 0) is 42.7 Å². The van der Waals surface area contributed by atoms with Gasteiger partial charge in [0, 0.05) is 17.1 Å². The van der Waals surface area contributed by atoms with Crippen LogP contribution in [0.1, 0.15) is 40.0 Å². The third kappa shape index (κ3) is 4.20. The highest BCUT2D eigenvalue weighted by Gasteiger charge is 2.65. The molecule has 1 aliphatic carbocycles. The molecule has 2 amide bonds. The van der Waals surface area contributed by atoms with Crippen molar-refractivity contribution in [2.75, 3.05) is 0 Å². The average molecular weight is 407 g/mol. The van der Waals surface area contributed by atoms with E-state index in [2.05, 4.69) is 26.1 Å². The number of nitrogens with one attached hydrogen (secondary N) is 2. The molecule has 150 valence electrons. The second-order valence-corrected chi connectivity index (χ2v) is 8.55. The van der Waals surface area contributed by atoms with E-state index in [0.717, 1.165) is 6.42 Å². The van der Waals surface area contributed by atoms with Crippen molar-refractivity contribution < 1.29 is 27.4 Å². The maximum Gasteiger partial charge on any atom is 0.492 e. The van der Waals surface area contributed by atoms with Gasteiger partial charge in [0.1, 0.15) is 0 Å². The van der Waals surface area contributed by atoms with E-state index < -0.39 is 18.1 Å². The largest absolute Gasteiger partial charge is 0.492 e. The van der Waals surface area contributed by atoms with Crippen molar-refractivity contribution in [1.82, 2.24) is 10.6 Å². The van der Waals surface area contributed by atoms with Crippen molar-refractivity contribution in [3.05, 3.63) is 23.2 Å². The van der Waals surface area contributed by atoms with Crippen LogP contribution < -0.4 is 20.1 Å². The summed E-state index contributed by atoms with van der Waals surface area (Å²) in [6.45, 7) is 6.22. The van der Waals surface area contributed by atoms with Gasteiger partial charge in [0.05, 0.1) is 0 Å². The molecule has 3 atom stereocenters. The molecule has 5 nitrogen and oxygen atoms in total. The van der Waals surface area contributed by atoms with Crippen molar-refractivity contribution >= 4 is 17.6 Å². The molecule has 1 saturated carbocycles. The molecule has 3 rings (SSSR count). The highest BCUT2D eigenvalue weighted by molar-refractivity contribution is 6.30. The Hall–Kier alpha value is -1.83. The lowest BCUT2D eigenvalue weighted by molar-refractivity contribution is -0.317. The first-order chi connectivity index (χ1) is 12.4. The Morgan fingerprint density at radius 1 is 1.22 bits per heavy atom. The van der Waals surface area contributed by atoms with Crippen LogP contribution in [0.4, 0.5) is 18.0 Å². The molecule has 1 heterocycles. The second-order valence-electron chi connectivity index (χ2n) is 8.12. The summed E-state index contributed by atoms with van der Waals surface area (Å²) in [7, 11) is 0. The summed E-state index contributed by atoms with van der Waals surface area (Å²) >= 11 is 5.79. The van der Waals surface area contributed by atoms with Gasteiger partial charge in [0.15, 0.2) is 11.5 Å². The first-order valence-electron chi connectivity index (χ1n) is 8.72. The van der Waals surface area contributed by atoms with Crippen molar-refractivity contribution in [3.8, 4) is 11.5 Å². The summed E-state index contributed by atoms with van der Waals surface area (Å²) in [5, 5.41) is 4.65. The molecule has 0 bridgehead atoms. The van der Waals surface area contributed by atoms with Crippen LogP contribution in [0.25, 0.3) is 0 Å². The molecular weight excluding hydrogens is 385 g/mol. The van der Waals surface area contributed by atoms with Gasteiger partial charge in [-0.3, -0.25) is 5.32 Å². The fourth-order valence-electron chi connectivity index (χ4n) is 4.04. The van der Waals surface area contributed by atoms with E-state index in [-0.39, 0.29) is 28.0 Å². The average Bonchev–Trinajstić information content (AvgIpc) is 2.82. The number of hydrogen-bond acceptors (Lipinski definition) is 3. The number of rotatable bonds is 2. The van der Waals surface area contributed by atoms with Crippen LogP contribution in [0.5, 0.6) is 11.5 Å². The number of carbonyl (C=O) groups is 1. The number of ether oxygens (including phenoxy) is 2. The number of amides is 2. The number of halogens is 4. The lowest BCUT2D eigenvalue weighted by Gasteiger charge is -2.39. The van der Waals surface area contributed by atoms with E-state index in [4.69, 9.17) is 21.1 Å². The van der Waals surface area contributed by atoms with E-state index in [1.807, 2.05) is 5.32 Å². The summed E-state index contributed by atoms with van der Waals surface area (Å²) in [6, 6.07) is 2.61. The maximum atomic E-state index is 13.7. The van der Waals surface area contributed by atoms with Gasteiger partial charge in [-0.15, -0.1) is 0 Å². The second kappa shape index (κ2) is 6.65. The fraction of sp³-hybridized carbons (Fsp3) is 0.611. The molecule has 9 heteroatoms. The molecule has 2 aliphatic rings. The molecule has 1 aromatic carbocycles. The molecule has 0 aromatic heterocycles. The number of fused-ring (bicyclic) bond motifs is 1. The topological polar surface area (TPSA) is 59.6 Å². The van der Waals surface area contributed by atoms with Crippen LogP contribution >= 0.6 is 11.6 Å². The Morgan fingerprint density at radius 2 is 1.89 bits per heavy atom. The van der Waals surface area contributed by atoms with Crippen LogP contribution in [-0.2, 0) is 0 Å². The minimum Gasteiger partial charge on any atom is -0.424 e. The highest BCUT2D eigenvalue weighted by atomic mass is 35.5. The van der Waals surface area contributed by atoms with Crippen molar-refractivity contribution in [1.29, 1.82) is 0 Å². The third-order valence-electron chi connectivity index (χ3n) is 4.79. The standard InChI is InChI=1S/C18H22ClF3N2O3/c1-10-6-12(9-16(2,3)8-10)23-15(25)24-18(17(20,21)22)26-13-5-4-11(19)7-14(13)27-18/h4-5,7,10,12H,6,8-9H2,1-3H3,(H2,23,24,25)/t10-,12+,18-/m1/s1. The van der Waals surface area contributed by atoms with Gasteiger partial charge in [0.25, 0.3) is 0 Å². The van der Waals surface area contributed by atoms with Crippen LogP contribution in [0.2, 0.25) is 5.02 Å². The summed E-state index contributed by atoms with van der Waals surface area (Å²) in [5.41, 5.74) is 0.00463. The summed E-state index contributed by atoms with van der Waals surface area (Å²) in [4.78, 5) is 12.3. The van der Waals surface area contributed by atoms with Crippen LogP contribution in [-0.4, -0.2) is 24.2 Å². The molecule has 1 aliphatic heterocycles. The lowest BCUT2D eigenvalue weighted by atomic mass is 9.71. The minimum atomic E-state index is -5.00. The van der Waals surface area contributed by atoms with Crippen molar-refractivity contribution in [3.63, 3.8) is 0 Å². The number of benzene rings is 1. The van der Waals surface area contributed by atoms with E-state index in [9.17, 15) is 18.0 Å². The predicted octanol–water partition coefficient (Wildman–Crippen LogP) is 4.84. The number of urea groups is 1. The van der Waals surface area contributed by atoms with Crippen LogP contribution in [0.15, 0.2) is 18.2 Å². The Balaban J connectivity index is 1.74. The SMILES string of the molecule is C[C@@H]1C[C@H](NC(=O)N[C@]2(C(F)(F)F)Oc3ccc(Cl)cc3O2)CC(C)(C)C1. The molecule has 1 fully saturated rings. The molecular formula is C18H22ClF3N2O3. The number of hydrogen-bond donors (Lipinski definition) is 2. The molecule has 0 radical (unpaired) electrons. The van der Waals surface area contributed by atoms with E-state index >= 15 is 0 Å². The van der Waals surface area contributed by atoms with E-state index in [0.29, 0.717) is 18.8 Å². The summed E-state index contributed by atoms with van der Waals surface area (Å²) < 4.78 is 51.0. The normalized spacial score (nSPS) is 29.3. The lowest BCUT2D eigenvalue weighted by Crippen LogP contribution is -2.67. The van der Waals surface area contributed by atoms with Crippen molar-refractivity contribution in [2.24, 2.45) is 11.3 Å². The summed E-state index contributed by atoms with van der Waals surface area (Å²) in [6.07, 6.45) is -2.62. The zero-order chi connectivity index (χ0) is 20.0. The molecule has 0 saturated heterocycles. The first-order valence-corrected chi connectivity index (χ1v) is 9.10. The predicted molar refractivity (Wildman–Crippen MR) is 93.7 cm³/mol. The molecule has 1 aromatic rings. The maximum absolute atomic E-state index is 13.7. The monoisotopic (exact) mass is 406 g/mol. The zero-order valence-electron chi connectivity index (χ0n) is 15.2. The smallest absolute Gasteiger partial charge is 0.424 e. The zero-order valence-corrected chi connectivity index (χ0v) is 16.0. The Morgan fingerprint density at radius 3 is 2.52 bits per heavy atom. The third-order valence-corrected chi connectivity index (χ3v) is 5.02. The highest BCUT2D eigenvalue weighted by Crippen LogP contribution is 2.46. The molecule has 27 heavy (non-hydrogen) atoms. The van der Waals surface area contributed by atoms with E-state index in [1.54, 1.807) is 0 Å². The van der Waals surface area contributed by atoms with Crippen molar-refractivity contribution in [2.45, 2.75) is 58.2 Å². The van der Waals surface area contributed by atoms with E-state index in [1.165, 1.54) is 18.2 Å². The summed E-state index contributed by atoms with van der Waals surface area (Å²) in [5.74, 6) is -3.27. The quantitative estimate of drug-likeness (QED) is 0.738. The van der Waals surface area contributed by atoms with Gasteiger partial charge in [-0.1, -0.05) is 32.4 Å². The number of carbonyl (C=O) groups excluding carboxylic acids is 1. The molecule has 0 spiro atoms. The fourth-order valence-corrected chi connectivity index (χ4v) is 4.20. The first kappa shape index (κ1) is 19.9. The molecule has 2 N–H and O–H groups in total. The Bertz CT molecular complexity index is 741. The van der Waals surface area contributed by atoms with Gasteiger partial charge in [-0.25, -0.2) is 4.79 Å². The number of alkyl halides is 3. The Kier molecular flexibility index (Phi) is 4.91. The van der Waals surface area contributed by atoms with Crippen LogP contribution in [0.3, 0.4) is 0 Å². The van der Waals surface area contributed by atoms with Gasteiger partial charge < -0.3 is 14.8 Å².